The molecule has 3 heteroatoms. The van der Waals surface area contributed by atoms with Crippen LogP contribution in [0.15, 0.2) is 36.8 Å². The van der Waals surface area contributed by atoms with Gasteiger partial charge in [0.05, 0.1) is 12.4 Å². The smallest absolute Gasteiger partial charge is 0.0953 e. The normalized spacial score (nSPS) is 17.4. The molecule has 2 aromatic rings. The average molecular weight is 241 g/mol. The molecule has 1 unspecified atom stereocenters. The Bertz CT molecular complexity index is 540. The van der Waals surface area contributed by atoms with Crippen LogP contribution in [-0.4, -0.2) is 22.6 Å². The third kappa shape index (κ3) is 1.85. The Hall–Kier alpha value is -1.61. The van der Waals surface area contributed by atoms with Crippen molar-refractivity contribution in [3.63, 3.8) is 0 Å². The van der Waals surface area contributed by atoms with E-state index in [-0.39, 0.29) is 0 Å². The Labute approximate surface area is 108 Å². The molecular weight excluding hydrogens is 222 g/mol. The van der Waals surface area contributed by atoms with Crippen LogP contribution in [0.25, 0.3) is 0 Å². The van der Waals surface area contributed by atoms with E-state index in [0.29, 0.717) is 12.0 Å². The van der Waals surface area contributed by atoms with Crippen molar-refractivity contribution in [2.75, 3.05) is 13.1 Å². The Morgan fingerprint density at radius 1 is 1.33 bits per heavy atom. The summed E-state index contributed by atoms with van der Waals surface area (Å²) in [4.78, 5) is 4.34. The first-order valence-corrected chi connectivity index (χ1v) is 6.55. The lowest BCUT2D eigenvalue weighted by molar-refractivity contribution is 0.418. The van der Waals surface area contributed by atoms with Crippen LogP contribution in [0.2, 0.25) is 0 Å². The maximum absolute atomic E-state index is 4.34. The molecule has 0 saturated carbocycles. The third-order valence-corrected chi connectivity index (χ3v) is 3.95. The zero-order chi connectivity index (χ0) is 12.5. The van der Waals surface area contributed by atoms with Gasteiger partial charge in [-0.05, 0) is 25.0 Å². The second kappa shape index (κ2) is 4.58. The van der Waals surface area contributed by atoms with E-state index in [1.54, 1.807) is 0 Å². The minimum absolute atomic E-state index is 0.351. The van der Waals surface area contributed by atoms with E-state index in [9.17, 15) is 0 Å². The van der Waals surface area contributed by atoms with Gasteiger partial charge >= 0.3 is 0 Å². The number of aromatic nitrogens is 2. The second-order valence-electron chi connectivity index (χ2n) is 5.11. The van der Waals surface area contributed by atoms with Crippen LogP contribution in [-0.2, 0) is 0 Å². The fraction of sp³-hybridized carbons (Fsp3) is 0.400. The van der Waals surface area contributed by atoms with Gasteiger partial charge in [-0.2, -0.15) is 0 Å². The van der Waals surface area contributed by atoms with Crippen molar-refractivity contribution in [1.82, 2.24) is 14.9 Å². The average Bonchev–Trinajstić information content (AvgIpc) is 2.75. The molecule has 0 amide bonds. The SMILES string of the molecule is Cc1ccccc1C(C)n1cncc1C1CNC1. The van der Waals surface area contributed by atoms with Crippen LogP contribution < -0.4 is 5.32 Å². The van der Waals surface area contributed by atoms with Gasteiger partial charge in [0.15, 0.2) is 0 Å². The predicted molar refractivity (Wildman–Crippen MR) is 72.8 cm³/mol. The highest BCUT2D eigenvalue weighted by Crippen LogP contribution is 2.27. The van der Waals surface area contributed by atoms with Gasteiger partial charge in [0.2, 0.25) is 0 Å². The second-order valence-corrected chi connectivity index (χ2v) is 5.11. The largest absolute Gasteiger partial charge is 0.327 e. The first kappa shape index (κ1) is 11.5. The van der Waals surface area contributed by atoms with Crippen molar-refractivity contribution in [3.05, 3.63) is 53.6 Å². The molecule has 1 aliphatic rings. The minimum Gasteiger partial charge on any atom is -0.327 e. The van der Waals surface area contributed by atoms with Crippen molar-refractivity contribution in [3.8, 4) is 0 Å². The topological polar surface area (TPSA) is 29.9 Å². The van der Waals surface area contributed by atoms with Crippen LogP contribution in [0.4, 0.5) is 0 Å². The Balaban J connectivity index is 1.95. The quantitative estimate of drug-likeness (QED) is 0.894. The van der Waals surface area contributed by atoms with E-state index >= 15 is 0 Å². The van der Waals surface area contributed by atoms with Crippen molar-refractivity contribution in [2.45, 2.75) is 25.8 Å². The van der Waals surface area contributed by atoms with Gasteiger partial charge in [-0.25, -0.2) is 4.98 Å². The summed E-state index contributed by atoms with van der Waals surface area (Å²) in [5.41, 5.74) is 4.07. The highest BCUT2D eigenvalue weighted by Gasteiger charge is 2.24. The zero-order valence-corrected chi connectivity index (χ0v) is 10.9. The van der Waals surface area contributed by atoms with Crippen LogP contribution in [0.3, 0.4) is 0 Å². The Morgan fingerprint density at radius 3 is 2.78 bits per heavy atom. The molecule has 1 aromatic heterocycles. The van der Waals surface area contributed by atoms with E-state index in [1.165, 1.54) is 16.8 Å². The number of imidazole rings is 1. The summed E-state index contributed by atoms with van der Waals surface area (Å²) in [6, 6.07) is 8.94. The highest BCUT2D eigenvalue weighted by atomic mass is 15.1. The molecule has 3 nitrogen and oxygen atoms in total. The van der Waals surface area contributed by atoms with Crippen LogP contribution in [0, 0.1) is 6.92 Å². The predicted octanol–water partition coefficient (Wildman–Crippen LogP) is 2.49. The summed E-state index contributed by atoms with van der Waals surface area (Å²) in [5, 5.41) is 3.33. The molecule has 94 valence electrons. The summed E-state index contributed by atoms with van der Waals surface area (Å²) in [7, 11) is 0. The first-order chi connectivity index (χ1) is 8.77. The Kier molecular flexibility index (Phi) is 2.92. The van der Waals surface area contributed by atoms with Crippen LogP contribution >= 0.6 is 0 Å². The molecule has 18 heavy (non-hydrogen) atoms. The monoisotopic (exact) mass is 241 g/mol. The van der Waals surface area contributed by atoms with E-state index in [0.717, 1.165) is 13.1 Å². The molecule has 1 aromatic carbocycles. The Morgan fingerprint density at radius 2 is 2.11 bits per heavy atom. The van der Waals surface area contributed by atoms with Gasteiger partial charge in [-0.3, -0.25) is 0 Å². The molecule has 0 aliphatic carbocycles. The maximum Gasteiger partial charge on any atom is 0.0953 e. The van der Waals surface area contributed by atoms with Gasteiger partial charge in [-0.15, -0.1) is 0 Å². The van der Waals surface area contributed by atoms with Crippen molar-refractivity contribution >= 4 is 0 Å². The number of hydrogen-bond donors (Lipinski definition) is 1. The van der Waals surface area contributed by atoms with E-state index in [4.69, 9.17) is 0 Å². The molecule has 3 rings (SSSR count). The minimum atomic E-state index is 0.351. The van der Waals surface area contributed by atoms with Crippen molar-refractivity contribution in [2.24, 2.45) is 0 Å². The number of benzene rings is 1. The molecule has 0 radical (unpaired) electrons. The molecule has 1 aliphatic heterocycles. The van der Waals surface area contributed by atoms with Crippen LogP contribution in [0.5, 0.6) is 0 Å². The lowest BCUT2D eigenvalue weighted by Crippen LogP contribution is -2.41. The van der Waals surface area contributed by atoms with Gasteiger partial charge in [0.1, 0.15) is 0 Å². The number of nitrogens with zero attached hydrogens (tertiary/aromatic N) is 2. The maximum atomic E-state index is 4.34. The number of rotatable bonds is 3. The summed E-state index contributed by atoms with van der Waals surface area (Å²) in [6.07, 6.45) is 3.98. The van der Waals surface area contributed by atoms with E-state index in [2.05, 4.69) is 53.0 Å². The molecule has 1 atom stereocenters. The van der Waals surface area contributed by atoms with Crippen LogP contribution in [0.1, 0.15) is 35.7 Å². The summed E-state index contributed by atoms with van der Waals surface area (Å²) in [6.45, 7) is 6.57. The standard InChI is InChI=1S/C15H19N3/c1-11-5-3-4-6-14(11)12(2)18-10-17-9-15(18)13-7-16-8-13/h3-6,9-10,12-13,16H,7-8H2,1-2H3. The van der Waals surface area contributed by atoms with E-state index in [1.807, 2.05) is 12.5 Å². The zero-order valence-electron chi connectivity index (χ0n) is 10.9. The fourth-order valence-electron chi connectivity index (χ4n) is 2.66. The summed E-state index contributed by atoms with van der Waals surface area (Å²) in [5.74, 6) is 0.624. The first-order valence-electron chi connectivity index (χ1n) is 6.55. The van der Waals surface area contributed by atoms with Crippen molar-refractivity contribution in [1.29, 1.82) is 0 Å². The molecule has 0 spiro atoms. The lowest BCUT2D eigenvalue weighted by Gasteiger charge is -2.30. The van der Waals surface area contributed by atoms with Gasteiger partial charge in [0, 0.05) is 30.9 Å². The number of aryl methyl sites for hydroxylation is 1. The fourth-order valence-corrected chi connectivity index (χ4v) is 2.66. The molecular formula is C15H19N3. The molecule has 0 bridgehead atoms. The molecule has 2 heterocycles. The van der Waals surface area contributed by atoms with Gasteiger partial charge in [-0.1, -0.05) is 24.3 Å². The summed E-state index contributed by atoms with van der Waals surface area (Å²) < 4.78 is 2.31. The third-order valence-electron chi connectivity index (χ3n) is 3.95. The molecule has 1 saturated heterocycles. The van der Waals surface area contributed by atoms with Gasteiger partial charge in [0.25, 0.3) is 0 Å². The molecule has 1 fully saturated rings. The number of nitrogens with one attached hydrogen (secondary N) is 1. The summed E-state index contributed by atoms with van der Waals surface area (Å²) >= 11 is 0. The number of hydrogen-bond acceptors (Lipinski definition) is 2. The van der Waals surface area contributed by atoms with E-state index < -0.39 is 0 Å². The lowest BCUT2D eigenvalue weighted by atomic mass is 9.97. The van der Waals surface area contributed by atoms with Crippen molar-refractivity contribution < 1.29 is 0 Å². The highest BCUT2D eigenvalue weighted by molar-refractivity contribution is 5.30. The van der Waals surface area contributed by atoms with Gasteiger partial charge < -0.3 is 9.88 Å². The molecule has 1 N–H and O–H groups in total.